The molecule has 0 amide bonds. The Morgan fingerprint density at radius 3 is 2.30 bits per heavy atom. The van der Waals surface area contributed by atoms with E-state index in [4.69, 9.17) is 0 Å². The van der Waals surface area contributed by atoms with Crippen LogP contribution in [-0.4, -0.2) is 63.7 Å². The van der Waals surface area contributed by atoms with Gasteiger partial charge < -0.3 is 14.6 Å². The summed E-state index contributed by atoms with van der Waals surface area (Å²) < 4.78 is 2.03. The molecular formula is C23H33N5O2. The Labute approximate surface area is 178 Å². The van der Waals surface area contributed by atoms with Crippen LogP contribution in [0, 0.1) is 0 Å². The second-order valence-corrected chi connectivity index (χ2v) is 8.50. The fourth-order valence-corrected chi connectivity index (χ4v) is 4.53. The summed E-state index contributed by atoms with van der Waals surface area (Å²) in [7, 11) is 1.98. The lowest BCUT2D eigenvalue weighted by molar-refractivity contribution is 0.236. The van der Waals surface area contributed by atoms with Crippen molar-refractivity contribution in [2.45, 2.75) is 38.8 Å². The van der Waals surface area contributed by atoms with Crippen molar-refractivity contribution in [2.24, 2.45) is 7.05 Å². The fourth-order valence-electron chi connectivity index (χ4n) is 4.53. The van der Waals surface area contributed by atoms with Crippen molar-refractivity contribution >= 4 is 5.82 Å². The number of likely N-dealkylation sites (tertiary alicyclic amines) is 1. The van der Waals surface area contributed by atoms with Gasteiger partial charge in [-0.2, -0.15) is 0 Å². The van der Waals surface area contributed by atoms with E-state index in [2.05, 4.69) is 19.7 Å². The number of piperazine rings is 1. The standard InChI is InChI=1S/C23H33N5O2/c1-25-19(17-26-10-6-2-3-7-11-26)16-21(29)23(30)20(25)18-27-12-14-28(15-13-27)22-8-4-5-9-24-22/h4-5,8-9,16,30H,2-3,6-7,10-15,17-18H2,1H3. The van der Waals surface area contributed by atoms with Crippen molar-refractivity contribution in [3.05, 3.63) is 52.1 Å². The van der Waals surface area contributed by atoms with E-state index in [1.165, 1.54) is 25.7 Å². The highest BCUT2D eigenvalue weighted by Gasteiger charge is 2.22. The zero-order valence-electron chi connectivity index (χ0n) is 18.0. The van der Waals surface area contributed by atoms with Crippen molar-refractivity contribution in [1.82, 2.24) is 19.4 Å². The van der Waals surface area contributed by atoms with Gasteiger partial charge in [0.2, 0.25) is 5.43 Å². The number of aromatic hydroxyl groups is 1. The van der Waals surface area contributed by atoms with Crippen molar-refractivity contribution < 1.29 is 5.11 Å². The normalized spacial score (nSPS) is 19.0. The Balaban J connectivity index is 1.45. The van der Waals surface area contributed by atoms with Crippen LogP contribution in [0.4, 0.5) is 5.82 Å². The predicted molar refractivity (Wildman–Crippen MR) is 119 cm³/mol. The molecule has 0 saturated carbocycles. The maximum absolute atomic E-state index is 12.5. The third-order valence-corrected chi connectivity index (χ3v) is 6.44. The molecule has 0 aromatic carbocycles. The Morgan fingerprint density at radius 2 is 1.63 bits per heavy atom. The Bertz CT molecular complexity index is 882. The fraction of sp³-hybridized carbons (Fsp3) is 0.565. The number of pyridine rings is 2. The summed E-state index contributed by atoms with van der Waals surface area (Å²) in [6.45, 7) is 7.05. The van der Waals surface area contributed by atoms with Crippen LogP contribution in [0.1, 0.15) is 37.1 Å². The highest BCUT2D eigenvalue weighted by Crippen LogP contribution is 2.20. The van der Waals surface area contributed by atoms with Crippen molar-refractivity contribution in [1.29, 1.82) is 0 Å². The van der Waals surface area contributed by atoms with Crippen LogP contribution in [-0.2, 0) is 20.1 Å². The van der Waals surface area contributed by atoms with Gasteiger partial charge in [-0.15, -0.1) is 0 Å². The number of nitrogens with zero attached hydrogens (tertiary/aromatic N) is 5. The van der Waals surface area contributed by atoms with Gasteiger partial charge >= 0.3 is 0 Å². The summed E-state index contributed by atoms with van der Waals surface area (Å²) in [5.74, 6) is 0.899. The van der Waals surface area contributed by atoms with Crippen LogP contribution in [0.15, 0.2) is 35.3 Å². The molecule has 2 aromatic rings. The SMILES string of the molecule is Cn1c(CN2CCCCCC2)cc(=O)c(O)c1CN1CCN(c2ccccn2)CC1. The molecule has 2 saturated heterocycles. The molecule has 0 bridgehead atoms. The lowest BCUT2D eigenvalue weighted by Crippen LogP contribution is -2.46. The molecule has 2 fully saturated rings. The highest BCUT2D eigenvalue weighted by molar-refractivity contribution is 5.38. The van der Waals surface area contributed by atoms with Crippen LogP contribution >= 0.6 is 0 Å². The Hall–Kier alpha value is -2.38. The van der Waals surface area contributed by atoms with E-state index in [0.717, 1.165) is 63.0 Å². The summed E-state index contributed by atoms with van der Waals surface area (Å²) in [6.07, 6.45) is 6.85. The van der Waals surface area contributed by atoms with Gasteiger partial charge in [-0.3, -0.25) is 14.6 Å². The van der Waals surface area contributed by atoms with Gasteiger partial charge in [0.25, 0.3) is 0 Å². The largest absolute Gasteiger partial charge is 0.503 e. The average Bonchev–Trinajstić information content (AvgIpc) is 3.05. The van der Waals surface area contributed by atoms with Gasteiger partial charge in [-0.05, 0) is 38.1 Å². The molecule has 0 unspecified atom stereocenters. The Morgan fingerprint density at radius 1 is 0.933 bits per heavy atom. The molecule has 0 spiro atoms. The molecule has 7 heteroatoms. The second kappa shape index (κ2) is 9.62. The first kappa shape index (κ1) is 20.9. The molecule has 0 radical (unpaired) electrons. The van der Waals surface area contributed by atoms with Crippen molar-refractivity contribution in [2.75, 3.05) is 44.2 Å². The van der Waals surface area contributed by atoms with E-state index >= 15 is 0 Å². The molecule has 2 aliphatic rings. The molecule has 7 nitrogen and oxygen atoms in total. The third kappa shape index (κ3) is 4.84. The highest BCUT2D eigenvalue weighted by atomic mass is 16.3. The van der Waals surface area contributed by atoms with Gasteiger partial charge in [-0.25, -0.2) is 4.98 Å². The predicted octanol–water partition coefficient (Wildman–Crippen LogP) is 2.18. The summed E-state index contributed by atoms with van der Waals surface area (Å²) in [5, 5.41) is 10.5. The number of rotatable bonds is 5. The van der Waals surface area contributed by atoms with Crippen LogP contribution in [0.25, 0.3) is 0 Å². The van der Waals surface area contributed by atoms with Crippen LogP contribution in [0.2, 0.25) is 0 Å². The summed E-state index contributed by atoms with van der Waals surface area (Å²) in [5.41, 5.74) is 1.44. The topological polar surface area (TPSA) is 64.8 Å². The third-order valence-electron chi connectivity index (χ3n) is 6.44. The van der Waals surface area contributed by atoms with Gasteiger partial charge in [0, 0.05) is 64.3 Å². The number of hydrogen-bond acceptors (Lipinski definition) is 6. The van der Waals surface area contributed by atoms with E-state index in [1.807, 2.05) is 36.0 Å². The first-order valence-electron chi connectivity index (χ1n) is 11.1. The average molecular weight is 412 g/mol. The molecule has 2 aromatic heterocycles. The van der Waals surface area contributed by atoms with E-state index in [-0.39, 0.29) is 11.2 Å². The van der Waals surface area contributed by atoms with Gasteiger partial charge in [0.05, 0.1) is 5.69 Å². The summed E-state index contributed by atoms with van der Waals surface area (Å²) >= 11 is 0. The zero-order valence-corrected chi connectivity index (χ0v) is 18.0. The first-order chi connectivity index (χ1) is 14.6. The summed E-state index contributed by atoms with van der Waals surface area (Å²) in [4.78, 5) is 24.0. The van der Waals surface area contributed by atoms with Crippen molar-refractivity contribution in [3.8, 4) is 5.75 Å². The summed E-state index contributed by atoms with van der Waals surface area (Å²) in [6, 6.07) is 7.60. The van der Waals surface area contributed by atoms with Crippen LogP contribution in [0.5, 0.6) is 5.75 Å². The molecule has 0 atom stereocenters. The lowest BCUT2D eigenvalue weighted by Gasteiger charge is -2.35. The van der Waals surface area contributed by atoms with E-state index in [1.54, 1.807) is 6.07 Å². The molecule has 1 N–H and O–H groups in total. The lowest BCUT2D eigenvalue weighted by atomic mass is 10.2. The van der Waals surface area contributed by atoms with Crippen molar-refractivity contribution in [3.63, 3.8) is 0 Å². The monoisotopic (exact) mass is 411 g/mol. The zero-order chi connectivity index (χ0) is 20.9. The minimum absolute atomic E-state index is 0.107. The molecular weight excluding hydrogens is 378 g/mol. The van der Waals surface area contributed by atoms with Crippen LogP contribution in [0.3, 0.4) is 0 Å². The molecule has 4 rings (SSSR count). The quantitative estimate of drug-likeness (QED) is 0.814. The molecule has 162 valence electrons. The maximum atomic E-state index is 12.5. The smallest absolute Gasteiger partial charge is 0.223 e. The van der Waals surface area contributed by atoms with Gasteiger partial charge in [0.1, 0.15) is 5.82 Å². The number of anilines is 1. The second-order valence-electron chi connectivity index (χ2n) is 8.50. The first-order valence-corrected chi connectivity index (χ1v) is 11.1. The van der Waals surface area contributed by atoms with Gasteiger partial charge in [-0.1, -0.05) is 18.9 Å². The Kier molecular flexibility index (Phi) is 6.69. The maximum Gasteiger partial charge on any atom is 0.223 e. The van der Waals surface area contributed by atoms with E-state index < -0.39 is 0 Å². The van der Waals surface area contributed by atoms with Crippen LogP contribution < -0.4 is 10.3 Å². The molecule has 0 aliphatic carbocycles. The molecule has 4 heterocycles. The minimum Gasteiger partial charge on any atom is -0.503 e. The van der Waals surface area contributed by atoms with E-state index in [0.29, 0.717) is 6.54 Å². The van der Waals surface area contributed by atoms with Gasteiger partial charge in [0.15, 0.2) is 5.75 Å². The number of hydrogen-bond donors (Lipinski definition) is 1. The number of aromatic nitrogens is 2. The molecule has 2 aliphatic heterocycles. The molecule has 30 heavy (non-hydrogen) atoms. The van der Waals surface area contributed by atoms with E-state index in [9.17, 15) is 9.90 Å². The minimum atomic E-state index is -0.264.